The lowest BCUT2D eigenvalue weighted by Crippen LogP contribution is -2.10. The molecule has 0 atom stereocenters. The van der Waals surface area contributed by atoms with E-state index >= 15 is 0 Å². The van der Waals surface area contributed by atoms with E-state index in [1.807, 2.05) is 6.07 Å². The van der Waals surface area contributed by atoms with Gasteiger partial charge in [0.25, 0.3) is 0 Å². The van der Waals surface area contributed by atoms with Gasteiger partial charge in [0, 0.05) is 6.20 Å². The second-order valence-electron chi connectivity index (χ2n) is 4.08. The Morgan fingerprint density at radius 3 is 2.58 bits per heavy atom. The molecule has 0 saturated carbocycles. The summed E-state index contributed by atoms with van der Waals surface area (Å²) in [6.07, 6.45) is 2.74. The van der Waals surface area contributed by atoms with Crippen LogP contribution in [0.2, 0.25) is 0 Å². The molecule has 0 saturated heterocycles. The van der Waals surface area contributed by atoms with E-state index in [1.54, 1.807) is 6.20 Å². The molecule has 0 radical (unpaired) electrons. The molecule has 1 aromatic heterocycles. The zero-order chi connectivity index (χ0) is 9.19. The highest BCUT2D eigenvalue weighted by Crippen LogP contribution is 2.23. The fraction of sp³-hybridized carbons (Fsp3) is 0.556. The lowest BCUT2D eigenvalue weighted by molar-refractivity contribution is 0.409. The minimum atomic E-state index is 0.297. The van der Waals surface area contributed by atoms with Crippen molar-refractivity contribution < 1.29 is 0 Å². The van der Waals surface area contributed by atoms with E-state index in [4.69, 9.17) is 0 Å². The van der Waals surface area contributed by atoms with E-state index < -0.39 is 0 Å². The predicted molar refractivity (Wildman–Crippen MR) is 52.9 cm³/mol. The smallest absolute Gasteiger partial charge is 0.131 e. The van der Waals surface area contributed by atoms with Gasteiger partial charge in [-0.05, 0) is 39.4 Å². The molecule has 0 N–H and O–H groups in total. The molecule has 2 nitrogen and oxygen atoms in total. The van der Waals surface area contributed by atoms with Gasteiger partial charge in [-0.2, -0.15) is 5.10 Å². The fourth-order valence-corrected chi connectivity index (χ4v) is 1.41. The van der Waals surface area contributed by atoms with E-state index in [2.05, 4.69) is 46.9 Å². The van der Waals surface area contributed by atoms with E-state index in [0.29, 0.717) is 5.41 Å². The molecule has 0 amide bonds. The number of nitrogens with zero attached hydrogens (tertiary/aromatic N) is 2. The normalized spacial score (nSPS) is 11.7. The molecule has 0 aliphatic carbocycles. The Balaban J connectivity index is 2.83. The number of hydrogen-bond donors (Lipinski definition) is 0. The average molecular weight is 229 g/mol. The molecular formula is C9H13BrN2. The minimum Gasteiger partial charge on any atom is -0.158 e. The summed E-state index contributed by atoms with van der Waals surface area (Å²) in [6, 6.07) is 2.00. The van der Waals surface area contributed by atoms with Crippen LogP contribution in [-0.4, -0.2) is 10.2 Å². The van der Waals surface area contributed by atoms with Gasteiger partial charge in [0.15, 0.2) is 0 Å². The summed E-state index contributed by atoms with van der Waals surface area (Å²) in [5, 5.41) is 7.71. The Morgan fingerprint density at radius 2 is 2.08 bits per heavy atom. The number of hydrogen-bond acceptors (Lipinski definition) is 2. The topological polar surface area (TPSA) is 25.8 Å². The molecule has 1 rings (SSSR count). The van der Waals surface area contributed by atoms with Crippen LogP contribution in [0.5, 0.6) is 0 Å². The molecule has 0 spiro atoms. The van der Waals surface area contributed by atoms with Gasteiger partial charge in [0.1, 0.15) is 4.60 Å². The van der Waals surface area contributed by atoms with Crippen molar-refractivity contribution in [2.75, 3.05) is 0 Å². The third kappa shape index (κ3) is 2.89. The molecule has 1 heterocycles. The molecular weight excluding hydrogens is 216 g/mol. The minimum absolute atomic E-state index is 0.297. The molecule has 66 valence electrons. The molecule has 0 unspecified atom stereocenters. The number of rotatable bonds is 1. The first-order chi connectivity index (χ1) is 5.49. The first-order valence-corrected chi connectivity index (χ1v) is 4.74. The Bertz CT molecular complexity index is 265. The van der Waals surface area contributed by atoms with Crippen LogP contribution in [0.25, 0.3) is 0 Å². The van der Waals surface area contributed by atoms with Gasteiger partial charge in [-0.25, -0.2) is 0 Å². The SMILES string of the molecule is CC(C)(C)Cc1ccnnc1Br. The van der Waals surface area contributed by atoms with Gasteiger partial charge in [0.05, 0.1) is 0 Å². The lowest BCUT2D eigenvalue weighted by Gasteiger charge is -2.17. The van der Waals surface area contributed by atoms with Crippen molar-refractivity contribution in [2.45, 2.75) is 27.2 Å². The van der Waals surface area contributed by atoms with Gasteiger partial charge in [-0.3, -0.25) is 0 Å². The summed E-state index contributed by atoms with van der Waals surface area (Å²) in [4.78, 5) is 0. The van der Waals surface area contributed by atoms with E-state index in [-0.39, 0.29) is 0 Å². The highest BCUT2D eigenvalue weighted by atomic mass is 79.9. The highest BCUT2D eigenvalue weighted by molar-refractivity contribution is 9.10. The van der Waals surface area contributed by atoms with Crippen molar-refractivity contribution in [3.8, 4) is 0 Å². The van der Waals surface area contributed by atoms with Crippen LogP contribution in [0, 0.1) is 5.41 Å². The van der Waals surface area contributed by atoms with Crippen LogP contribution in [0.15, 0.2) is 16.9 Å². The van der Waals surface area contributed by atoms with Gasteiger partial charge >= 0.3 is 0 Å². The van der Waals surface area contributed by atoms with Gasteiger partial charge in [-0.1, -0.05) is 20.8 Å². The largest absolute Gasteiger partial charge is 0.158 e. The first kappa shape index (κ1) is 9.65. The van der Waals surface area contributed by atoms with Crippen LogP contribution in [0.4, 0.5) is 0 Å². The van der Waals surface area contributed by atoms with Crippen molar-refractivity contribution >= 4 is 15.9 Å². The zero-order valence-corrected chi connectivity index (χ0v) is 9.22. The second-order valence-corrected chi connectivity index (χ2v) is 4.84. The zero-order valence-electron chi connectivity index (χ0n) is 7.63. The van der Waals surface area contributed by atoms with Crippen LogP contribution in [-0.2, 0) is 6.42 Å². The number of aromatic nitrogens is 2. The van der Waals surface area contributed by atoms with Crippen molar-refractivity contribution in [3.63, 3.8) is 0 Å². The summed E-state index contributed by atoms with van der Waals surface area (Å²) >= 11 is 3.38. The predicted octanol–water partition coefficient (Wildman–Crippen LogP) is 2.83. The molecule has 1 aromatic rings. The quantitative estimate of drug-likeness (QED) is 0.739. The summed E-state index contributed by atoms with van der Waals surface area (Å²) in [6.45, 7) is 6.62. The Morgan fingerprint density at radius 1 is 1.42 bits per heavy atom. The van der Waals surface area contributed by atoms with Crippen LogP contribution < -0.4 is 0 Å². The summed E-state index contributed by atoms with van der Waals surface area (Å²) in [7, 11) is 0. The Hall–Kier alpha value is -0.440. The summed E-state index contributed by atoms with van der Waals surface area (Å²) < 4.78 is 0.861. The van der Waals surface area contributed by atoms with Crippen LogP contribution in [0.3, 0.4) is 0 Å². The van der Waals surface area contributed by atoms with E-state index in [1.165, 1.54) is 5.56 Å². The average Bonchev–Trinajstić information content (AvgIpc) is 1.91. The fourth-order valence-electron chi connectivity index (χ4n) is 1.04. The summed E-state index contributed by atoms with van der Waals surface area (Å²) in [5.41, 5.74) is 1.52. The first-order valence-electron chi connectivity index (χ1n) is 3.95. The highest BCUT2D eigenvalue weighted by Gasteiger charge is 2.13. The maximum Gasteiger partial charge on any atom is 0.131 e. The maximum atomic E-state index is 3.93. The molecule has 0 aliphatic rings. The number of halogens is 1. The molecule has 0 aromatic carbocycles. The van der Waals surface area contributed by atoms with Crippen LogP contribution in [0.1, 0.15) is 26.3 Å². The summed E-state index contributed by atoms with van der Waals surface area (Å²) in [5.74, 6) is 0. The van der Waals surface area contributed by atoms with Crippen molar-refractivity contribution in [2.24, 2.45) is 5.41 Å². The molecule has 0 fully saturated rings. The van der Waals surface area contributed by atoms with Gasteiger partial charge in [0.2, 0.25) is 0 Å². The van der Waals surface area contributed by atoms with Crippen molar-refractivity contribution in [1.82, 2.24) is 10.2 Å². The van der Waals surface area contributed by atoms with E-state index in [9.17, 15) is 0 Å². The second kappa shape index (κ2) is 3.52. The molecule has 12 heavy (non-hydrogen) atoms. The lowest BCUT2D eigenvalue weighted by atomic mass is 9.89. The maximum absolute atomic E-state index is 3.93. The monoisotopic (exact) mass is 228 g/mol. The van der Waals surface area contributed by atoms with Crippen LogP contribution >= 0.6 is 15.9 Å². The van der Waals surface area contributed by atoms with Crippen molar-refractivity contribution in [3.05, 3.63) is 22.4 Å². The molecule has 0 bridgehead atoms. The Labute approximate surface area is 81.5 Å². The molecule has 3 heteroatoms. The molecule has 0 aliphatic heterocycles. The van der Waals surface area contributed by atoms with Gasteiger partial charge in [-0.15, -0.1) is 5.10 Å². The van der Waals surface area contributed by atoms with Crippen molar-refractivity contribution in [1.29, 1.82) is 0 Å². The third-order valence-corrected chi connectivity index (χ3v) is 2.14. The van der Waals surface area contributed by atoms with Gasteiger partial charge < -0.3 is 0 Å². The standard InChI is InChI=1S/C9H13BrN2/c1-9(2,3)6-7-4-5-11-12-8(7)10/h4-5H,6H2,1-3H3. The Kier molecular flexibility index (Phi) is 2.83. The third-order valence-electron chi connectivity index (χ3n) is 1.47. The van der Waals surface area contributed by atoms with E-state index in [0.717, 1.165) is 11.0 Å².